The zero-order valence-corrected chi connectivity index (χ0v) is 14.6. The number of para-hydroxylation sites is 2. The van der Waals surface area contributed by atoms with E-state index in [9.17, 15) is 13.2 Å². The first-order chi connectivity index (χ1) is 11.9. The summed E-state index contributed by atoms with van der Waals surface area (Å²) in [6.07, 6.45) is -0.941. The Balaban J connectivity index is 1.74. The molecule has 1 heterocycles. The number of anilines is 1. The van der Waals surface area contributed by atoms with Gasteiger partial charge in [0.2, 0.25) is 10.0 Å². The quantitative estimate of drug-likeness (QED) is 0.844. The van der Waals surface area contributed by atoms with Gasteiger partial charge in [0.1, 0.15) is 11.5 Å². The summed E-state index contributed by atoms with van der Waals surface area (Å²) in [7, 11) is -2.27. The number of aryl methyl sites for hydroxylation is 1. The Morgan fingerprint density at radius 1 is 1.24 bits per heavy atom. The third-order valence-electron chi connectivity index (χ3n) is 3.84. The Kier molecular flexibility index (Phi) is 4.65. The lowest BCUT2D eigenvalue weighted by atomic mass is 10.2. The molecule has 0 saturated heterocycles. The van der Waals surface area contributed by atoms with Crippen LogP contribution in [-0.4, -0.2) is 34.1 Å². The molecule has 0 aliphatic carbocycles. The zero-order chi connectivity index (χ0) is 18.0. The normalized spacial score (nSPS) is 16.6. The maximum Gasteiger partial charge on any atom is 0.266 e. The highest BCUT2D eigenvalue weighted by molar-refractivity contribution is 7.89. The van der Waals surface area contributed by atoms with Crippen LogP contribution in [-0.2, 0) is 14.8 Å². The molecule has 0 spiro atoms. The van der Waals surface area contributed by atoms with Crippen molar-refractivity contribution in [2.24, 2.45) is 0 Å². The summed E-state index contributed by atoms with van der Waals surface area (Å²) >= 11 is 0. The van der Waals surface area contributed by atoms with E-state index in [-0.39, 0.29) is 11.4 Å². The summed E-state index contributed by atoms with van der Waals surface area (Å²) in [4.78, 5) is 12.2. The molecule has 1 unspecified atom stereocenters. The van der Waals surface area contributed by atoms with Crippen LogP contribution in [0.25, 0.3) is 0 Å². The van der Waals surface area contributed by atoms with Crippen LogP contribution in [0.3, 0.4) is 0 Å². The van der Waals surface area contributed by atoms with E-state index in [1.807, 2.05) is 0 Å². The Labute approximate surface area is 146 Å². The fourth-order valence-electron chi connectivity index (χ4n) is 2.54. The van der Waals surface area contributed by atoms with Gasteiger partial charge in [-0.15, -0.1) is 0 Å². The number of fused-ring (bicyclic) bond motifs is 1. The van der Waals surface area contributed by atoms with Crippen molar-refractivity contribution >= 4 is 21.6 Å². The van der Waals surface area contributed by atoms with Gasteiger partial charge < -0.3 is 14.8 Å². The van der Waals surface area contributed by atoms with Crippen molar-refractivity contribution < 1.29 is 22.7 Å². The average Bonchev–Trinajstić information content (AvgIpc) is 2.59. The van der Waals surface area contributed by atoms with E-state index in [0.717, 1.165) is 0 Å². The first-order valence-corrected chi connectivity index (χ1v) is 9.10. The number of carbonyl (C=O) groups is 1. The van der Waals surface area contributed by atoms with Gasteiger partial charge in [-0.2, -0.15) is 0 Å². The lowest BCUT2D eigenvalue weighted by Crippen LogP contribution is -2.45. The van der Waals surface area contributed by atoms with Crippen LogP contribution in [0.1, 0.15) is 5.56 Å². The molecule has 7 nitrogen and oxygen atoms in total. The molecule has 1 aliphatic heterocycles. The number of ether oxygens (including phenoxy) is 2. The summed E-state index contributed by atoms with van der Waals surface area (Å²) < 4.78 is 38.1. The van der Waals surface area contributed by atoms with E-state index < -0.39 is 22.0 Å². The van der Waals surface area contributed by atoms with E-state index in [1.54, 1.807) is 43.3 Å². The first kappa shape index (κ1) is 17.2. The van der Waals surface area contributed by atoms with E-state index in [2.05, 4.69) is 10.0 Å². The van der Waals surface area contributed by atoms with E-state index in [0.29, 0.717) is 22.7 Å². The summed E-state index contributed by atoms with van der Waals surface area (Å²) in [5.41, 5.74) is 1.11. The van der Waals surface area contributed by atoms with E-state index in [1.165, 1.54) is 13.2 Å². The molecule has 3 rings (SSSR count). The highest BCUT2D eigenvalue weighted by Crippen LogP contribution is 2.28. The Bertz CT molecular complexity index is 911. The molecular weight excluding hydrogens is 344 g/mol. The van der Waals surface area contributed by atoms with Gasteiger partial charge >= 0.3 is 0 Å². The molecule has 0 bridgehead atoms. The van der Waals surface area contributed by atoms with Gasteiger partial charge in [0.15, 0.2) is 6.10 Å². The number of benzene rings is 2. The Hall–Kier alpha value is -2.58. The molecule has 1 atom stereocenters. The fraction of sp³-hybridized carbons (Fsp3) is 0.235. The number of hydrogen-bond acceptors (Lipinski definition) is 5. The Morgan fingerprint density at radius 2 is 2.00 bits per heavy atom. The van der Waals surface area contributed by atoms with Crippen LogP contribution >= 0.6 is 0 Å². The Morgan fingerprint density at radius 3 is 2.72 bits per heavy atom. The van der Waals surface area contributed by atoms with Crippen molar-refractivity contribution in [3.8, 4) is 11.5 Å². The van der Waals surface area contributed by atoms with Gasteiger partial charge in [0.05, 0.1) is 24.2 Å². The highest BCUT2D eigenvalue weighted by atomic mass is 32.2. The van der Waals surface area contributed by atoms with Crippen molar-refractivity contribution in [3.63, 3.8) is 0 Å². The lowest BCUT2D eigenvalue weighted by molar-refractivity contribution is -0.123. The van der Waals surface area contributed by atoms with Gasteiger partial charge in [-0.1, -0.05) is 12.1 Å². The molecule has 0 fully saturated rings. The minimum Gasteiger partial charge on any atom is -0.497 e. The second-order valence-corrected chi connectivity index (χ2v) is 7.31. The first-order valence-electron chi connectivity index (χ1n) is 7.61. The van der Waals surface area contributed by atoms with Gasteiger partial charge in [0, 0.05) is 0 Å². The van der Waals surface area contributed by atoms with E-state index in [4.69, 9.17) is 9.47 Å². The van der Waals surface area contributed by atoms with Gasteiger partial charge in [0.25, 0.3) is 5.91 Å². The molecule has 2 N–H and O–H groups in total. The van der Waals surface area contributed by atoms with Crippen molar-refractivity contribution in [2.45, 2.75) is 17.9 Å². The number of methoxy groups -OCH3 is 1. The molecule has 2 aromatic carbocycles. The fourth-order valence-corrected chi connectivity index (χ4v) is 3.80. The van der Waals surface area contributed by atoms with Crippen LogP contribution in [0.15, 0.2) is 47.4 Å². The molecule has 2 aromatic rings. The van der Waals surface area contributed by atoms with Gasteiger partial charge in [-0.3, -0.25) is 4.79 Å². The predicted octanol–water partition coefficient (Wildman–Crippen LogP) is 1.68. The molecule has 0 radical (unpaired) electrons. The van der Waals surface area contributed by atoms with Crippen molar-refractivity contribution in [3.05, 3.63) is 48.0 Å². The number of rotatable bonds is 5. The molecule has 0 aromatic heterocycles. The number of hydrogen-bond donors (Lipinski definition) is 2. The third-order valence-corrected chi connectivity index (χ3v) is 5.42. The molecule has 132 valence electrons. The summed E-state index contributed by atoms with van der Waals surface area (Å²) in [5.74, 6) is 0.683. The summed E-state index contributed by atoms with van der Waals surface area (Å²) in [5, 5.41) is 2.70. The van der Waals surface area contributed by atoms with Crippen LogP contribution in [0.5, 0.6) is 11.5 Å². The topological polar surface area (TPSA) is 93.7 Å². The number of sulfonamides is 1. The van der Waals surface area contributed by atoms with E-state index >= 15 is 0 Å². The van der Waals surface area contributed by atoms with Crippen molar-refractivity contribution in [1.82, 2.24) is 4.72 Å². The van der Waals surface area contributed by atoms with Gasteiger partial charge in [-0.25, -0.2) is 13.1 Å². The summed E-state index contributed by atoms with van der Waals surface area (Å²) in [6.45, 7) is 1.51. The SMILES string of the molecule is COc1ccc(S(=O)(=O)NCC2Oc3ccccc3NC2=O)c(C)c1. The lowest BCUT2D eigenvalue weighted by Gasteiger charge is -2.25. The molecule has 25 heavy (non-hydrogen) atoms. The second-order valence-electron chi connectivity index (χ2n) is 5.58. The standard InChI is InChI=1S/C17H18N2O5S/c1-11-9-12(23-2)7-8-16(11)25(21,22)18-10-15-17(20)19-13-5-3-4-6-14(13)24-15/h3-9,15,18H,10H2,1-2H3,(H,19,20). The smallest absolute Gasteiger partial charge is 0.266 e. The molecule has 1 amide bonds. The third kappa shape index (κ3) is 3.59. The van der Waals surface area contributed by atoms with Crippen LogP contribution in [0, 0.1) is 6.92 Å². The molecule has 0 saturated carbocycles. The summed E-state index contributed by atoms with van der Waals surface area (Å²) in [6, 6.07) is 11.7. The van der Waals surface area contributed by atoms with Crippen LogP contribution in [0.4, 0.5) is 5.69 Å². The van der Waals surface area contributed by atoms with Crippen molar-refractivity contribution in [1.29, 1.82) is 0 Å². The average molecular weight is 362 g/mol. The largest absolute Gasteiger partial charge is 0.497 e. The minimum absolute atomic E-state index is 0.130. The second kappa shape index (κ2) is 6.73. The van der Waals surface area contributed by atoms with Crippen molar-refractivity contribution in [2.75, 3.05) is 19.0 Å². The monoisotopic (exact) mass is 362 g/mol. The van der Waals surface area contributed by atoms with Gasteiger partial charge in [-0.05, 0) is 42.8 Å². The maximum absolute atomic E-state index is 12.5. The number of carbonyl (C=O) groups excluding carboxylic acids is 1. The maximum atomic E-state index is 12.5. The number of nitrogens with one attached hydrogen (secondary N) is 2. The number of amides is 1. The zero-order valence-electron chi connectivity index (χ0n) is 13.8. The molecule has 1 aliphatic rings. The van der Waals surface area contributed by atoms with Crippen LogP contribution < -0.4 is 19.5 Å². The predicted molar refractivity (Wildman–Crippen MR) is 92.4 cm³/mol. The van der Waals surface area contributed by atoms with Crippen LogP contribution in [0.2, 0.25) is 0 Å². The highest BCUT2D eigenvalue weighted by Gasteiger charge is 2.29. The molecule has 8 heteroatoms. The minimum atomic E-state index is -3.78. The molecular formula is C17H18N2O5S.